The van der Waals surface area contributed by atoms with Crippen molar-refractivity contribution in [2.24, 2.45) is 4.99 Å². The minimum absolute atomic E-state index is 0.0346. The van der Waals surface area contributed by atoms with E-state index in [0.29, 0.717) is 24.8 Å². The summed E-state index contributed by atoms with van der Waals surface area (Å²) in [4.78, 5) is 18.3. The Hall–Kier alpha value is -1.30. The fourth-order valence-electron chi connectivity index (χ4n) is 1.81. The van der Waals surface area contributed by atoms with Gasteiger partial charge >= 0.3 is 0 Å². The second-order valence-electron chi connectivity index (χ2n) is 4.24. The number of carbonyl (C=O) groups excluding carboxylic acids is 1. The fraction of sp³-hybridized carbons (Fsp3) is 0.214. The average molecular weight is 445 g/mol. The number of thioether (sulfide) groups is 1. The molecule has 0 aliphatic carbocycles. The summed E-state index contributed by atoms with van der Waals surface area (Å²) in [5.74, 6) is 0.477. The van der Waals surface area contributed by atoms with Gasteiger partial charge in [-0.15, -0.1) is 0 Å². The van der Waals surface area contributed by atoms with Gasteiger partial charge in [-0.3, -0.25) is 14.7 Å². The second-order valence-corrected chi connectivity index (χ2v) is 6.96. The van der Waals surface area contributed by atoms with Crippen molar-refractivity contribution in [3.8, 4) is 11.8 Å². The van der Waals surface area contributed by atoms with Crippen molar-refractivity contribution in [3.63, 3.8) is 0 Å². The molecule has 1 aliphatic rings. The van der Waals surface area contributed by atoms with Crippen LogP contribution in [0, 0.1) is 11.3 Å². The number of hydrogen-bond donors (Lipinski definition) is 0. The van der Waals surface area contributed by atoms with E-state index in [1.807, 2.05) is 18.2 Å². The van der Waals surface area contributed by atoms with Gasteiger partial charge in [0.2, 0.25) is 0 Å². The Labute approximate surface area is 149 Å². The highest BCUT2D eigenvalue weighted by molar-refractivity contribution is 9.11. The number of likely N-dealkylation sites (N-methyl/N-ethyl adjacent to an activating group) is 1. The van der Waals surface area contributed by atoms with Crippen molar-refractivity contribution in [2.45, 2.75) is 0 Å². The maximum Gasteiger partial charge on any atom is 0.266 e. The smallest absolute Gasteiger partial charge is 0.266 e. The maximum absolute atomic E-state index is 12.1. The Bertz CT molecular complexity index is 702. The first kappa shape index (κ1) is 17.1. The molecular formula is C14H11Br2N3O2S. The molecule has 1 heterocycles. The number of benzene rings is 1. The molecule has 0 saturated carbocycles. The zero-order chi connectivity index (χ0) is 16.3. The van der Waals surface area contributed by atoms with Crippen LogP contribution < -0.4 is 4.74 Å². The number of nitrogens with zero attached hydrogens (tertiary/aromatic N) is 3. The lowest BCUT2D eigenvalue weighted by atomic mass is 10.2. The van der Waals surface area contributed by atoms with Gasteiger partial charge in [0.05, 0.1) is 13.9 Å². The third kappa shape index (κ3) is 3.54. The number of ether oxygens (including phenoxy) is 1. The van der Waals surface area contributed by atoms with Gasteiger partial charge in [0.1, 0.15) is 11.8 Å². The Morgan fingerprint density at radius 3 is 2.59 bits per heavy atom. The van der Waals surface area contributed by atoms with E-state index < -0.39 is 0 Å². The van der Waals surface area contributed by atoms with Crippen LogP contribution in [0.1, 0.15) is 5.56 Å². The largest absolute Gasteiger partial charge is 0.476 e. The standard InChI is InChI=1S/C14H11Br2N3O2S/c1-18-14-19(2)13(20)11(22-14)7-8-5-9(15)12(10(16)6-8)21-4-3-17/h5-7H,4H2,1-2H3/b11-7-,18-14?. The first-order chi connectivity index (χ1) is 10.5. The number of carbonyl (C=O) groups is 1. The number of amidine groups is 1. The fourth-order valence-corrected chi connectivity index (χ4v) is 4.18. The number of rotatable bonds is 3. The predicted octanol–water partition coefficient (Wildman–Crippen LogP) is 3.65. The molecule has 0 N–H and O–H groups in total. The van der Waals surface area contributed by atoms with Gasteiger partial charge in [-0.05, 0) is 67.4 Å². The summed E-state index contributed by atoms with van der Waals surface area (Å²) in [5, 5.41) is 9.25. The van der Waals surface area contributed by atoms with Crippen molar-refractivity contribution in [3.05, 3.63) is 31.5 Å². The summed E-state index contributed by atoms with van der Waals surface area (Å²) in [6, 6.07) is 5.59. The number of aliphatic imine (C=N–C) groups is 1. The lowest BCUT2D eigenvalue weighted by Gasteiger charge is -2.08. The van der Waals surface area contributed by atoms with Crippen LogP contribution in [0.5, 0.6) is 5.75 Å². The maximum atomic E-state index is 12.1. The zero-order valence-electron chi connectivity index (χ0n) is 11.8. The van der Waals surface area contributed by atoms with Crippen LogP contribution in [0.2, 0.25) is 0 Å². The summed E-state index contributed by atoms with van der Waals surface area (Å²) >= 11 is 8.16. The van der Waals surface area contributed by atoms with Crippen molar-refractivity contribution < 1.29 is 9.53 Å². The monoisotopic (exact) mass is 443 g/mol. The summed E-state index contributed by atoms with van der Waals surface area (Å²) in [5.41, 5.74) is 0.838. The summed E-state index contributed by atoms with van der Waals surface area (Å²) in [7, 11) is 3.35. The molecule has 0 spiro atoms. The Kier molecular flexibility index (Phi) is 5.67. The van der Waals surface area contributed by atoms with Gasteiger partial charge in [-0.25, -0.2) is 0 Å². The molecule has 1 amide bonds. The van der Waals surface area contributed by atoms with Crippen LogP contribution in [-0.2, 0) is 4.79 Å². The molecule has 0 unspecified atom stereocenters. The van der Waals surface area contributed by atoms with E-state index in [-0.39, 0.29) is 12.5 Å². The van der Waals surface area contributed by atoms with E-state index >= 15 is 0 Å². The molecule has 1 aromatic carbocycles. The first-order valence-electron chi connectivity index (χ1n) is 6.11. The average Bonchev–Trinajstić information content (AvgIpc) is 2.74. The first-order valence-corrected chi connectivity index (χ1v) is 8.51. The Morgan fingerprint density at radius 1 is 1.45 bits per heavy atom. The van der Waals surface area contributed by atoms with E-state index in [1.165, 1.54) is 16.7 Å². The van der Waals surface area contributed by atoms with Crippen molar-refractivity contribution in [2.75, 3.05) is 20.7 Å². The highest BCUT2D eigenvalue weighted by atomic mass is 79.9. The molecule has 0 aromatic heterocycles. The van der Waals surface area contributed by atoms with Crippen molar-refractivity contribution in [1.82, 2.24) is 4.90 Å². The van der Waals surface area contributed by atoms with Crippen LogP contribution in [0.25, 0.3) is 6.08 Å². The number of halogens is 2. The van der Waals surface area contributed by atoms with E-state index in [2.05, 4.69) is 36.9 Å². The summed E-state index contributed by atoms with van der Waals surface area (Å²) < 4.78 is 6.75. The van der Waals surface area contributed by atoms with E-state index in [9.17, 15) is 4.79 Å². The van der Waals surface area contributed by atoms with Crippen LogP contribution in [0.15, 0.2) is 31.0 Å². The van der Waals surface area contributed by atoms with Crippen LogP contribution in [0.3, 0.4) is 0 Å². The Balaban J connectivity index is 2.34. The normalized spacial score (nSPS) is 18.1. The van der Waals surface area contributed by atoms with Crippen molar-refractivity contribution in [1.29, 1.82) is 5.26 Å². The SMILES string of the molecule is CN=C1S/C(=C\c2cc(Br)c(OCC#N)c(Br)c2)C(=O)N1C. The predicted molar refractivity (Wildman–Crippen MR) is 94.6 cm³/mol. The molecule has 2 rings (SSSR count). The van der Waals surface area contributed by atoms with Gasteiger partial charge in [0, 0.05) is 14.1 Å². The Morgan fingerprint density at radius 2 is 2.09 bits per heavy atom. The van der Waals surface area contributed by atoms with E-state index in [1.54, 1.807) is 20.2 Å². The van der Waals surface area contributed by atoms with Crippen LogP contribution >= 0.6 is 43.6 Å². The highest BCUT2D eigenvalue weighted by Gasteiger charge is 2.29. The van der Waals surface area contributed by atoms with Gasteiger partial charge in [-0.1, -0.05) is 0 Å². The third-order valence-electron chi connectivity index (χ3n) is 2.79. The molecule has 22 heavy (non-hydrogen) atoms. The molecular weight excluding hydrogens is 434 g/mol. The summed E-state index contributed by atoms with van der Waals surface area (Å²) in [6.45, 7) is -0.0346. The van der Waals surface area contributed by atoms with E-state index in [4.69, 9.17) is 10.00 Å². The van der Waals surface area contributed by atoms with Gasteiger partial charge < -0.3 is 4.74 Å². The molecule has 0 bridgehead atoms. The molecule has 5 nitrogen and oxygen atoms in total. The van der Waals surface area contributed by atoms with Crippen LogP contribution in [0.4, 0.5) is 0 Å². The van der Waals surface area contributed by atoms with Crippen molar-refractivity contribution >= 4 is 60.8 Å². The van der Waals surface area contributed by atoms with Gasteiger partial charge in [-0.2, -0.15) is 5.26 Å². The molecule has 1 aliphatic heterocycles. The van der Waals surface area contributed by atoms with Crippen LogP contribution in [-0.4, -0.2) is 36.7 Å². The minimum atomic E-state index is -0.0809. The zero-order valence-corrected chi connectivity index (χ0v) is 15.7. The molecule has 1 fully saturated rings. The summed E-state index contributed by atoms with van der Waals surface area (Å²) in [6.07, 6.45) is 1.80. The third-order valence-corrected chi connectivity index (χ3v) is 5.12. The lowest BCUT2D eigenvalue weighted by molar-refractivity contribution is -0.121. The number of amides is 1. The molecule has 1 saturated heterocycles. The second kappa shape index (κ2) is 7.31. The molecule has 8 heteroatoms. The molecule has 0 radical (unpaired) electrons. The molecule has 114 valence electrons. The quantitative estimate of drug-likeness (QED) is 0.667. The molecule has 1 aromatic rings. The minimum Gasteiger partial charge on any atom is -0.476 e. The van der Waals surface area contributed by atoms with Gasteiger partial charge in [0.25, 0.3) is 5.91 Å². The number of hydrogen-bond acceptors (Lipinski definition) is 5. The topological polar surface area (TPSA) is 65.7 Å². The highest BCUT2D eigenvalue weighted by Crippen LogP contribution is 2.37. The van der Waals surface area contributed by atoms with Gasteiger partial charge in [0.15, 0.2) is 11.8 Å². The number of nitriles is 1. The van der Waals surface area contributed by atoms with E-state index in [0.717, 1.165) is 5.56 Å². The molecule has 0 atom stereocenters. The lowest BCUT2D eigenvalue weighted by Crippen LogP contribution is -2.23.